The molecule has 13 heavy (non-hydrogen) atoms. The van der Waals surface area contributed by atoms with Crippen LogP contribution in [0.25, 0.3) is 0 Å². The summed E-state index contributed by atoms with van der Waals surface area (Å²) in [6, 6.07) is 0. The molecule has 0 aromatic carbocycles. The van der Waals surface area contributed by atoms with Crippen LogP contribution in [0.2, 0.25) is 0 Å². The van der Waals surface area contributed by atoms with Crippen LogP contribution in [-0.4, -0.2) is 12.4 Å². The van der Waals surface area contributed by atoms with Gasteiger partial charge in [-0.25, -0.2) is 0 Å². The predicted molar refractivity (Wildman–Crippen MR) is 59.9 cm³/mol. The number of rotatable bonds is 8. The maximum atomic E-state index is 11.3. The summed E-state index contributed by atoms with van der Waals surface area (Å²) in [4.78, 5) is 0. The average molecular weight is 223 g/mol. The first kappa shape index (κ1) is 13.2. The minimum Gasteiger partial charge on any atom is -0.310 e. The highest BCUT2D eigenvalue weighted by atomic mass is 32.7. The van der Waals surface area contributed by atoms with E-state index in [0.717, 1.165) is 25.0 Å². The number of hydrogen-bond donors (Lipinski definition) is 1. The Kier molecular flexibility index (Phi) is 7.77. The fourth-order valence-electron chi connectivity index (χ4n) is 0.800. The van der Waals surface area contributed by atoms with Crippen LogP contribution in [0.3, 0.4) is 0 Å². The Morgan fingerprint density at radius 2 is 2.31 bits per heavy atom. The molecule has 0 radical (unpaired) electrons. The minimum atomic E-state index is -2.85. The Hall–Kier alpha value is 0.240. The smallest absolute Gasteiger partial charge is 0.310 e. The van der Waals surface area contributed by atoms with E-state index in [-0.39, 0.29) is 0 Å². The number of allylic oxidation sites excluding steroid dienone is 1. The highest BCUT2D eigenvalue weighted by Gasteiger charge is 2.15. The molecule has 1 atom stereocenters. The van der Waals surface area contributed by atoms with Crippen LogP contribution in [-0.2, 0) is 9.09 Å². The third kappa shape index (κ3) is 8.57. The molecule has 0 rings (SSSR count). The van der Waals surface area contributed by atoms with E-state index >= 15 is 0 Å². The van der Waals surface area contributed by atoms with Crippen molar-refractivity contribution in [3.63, 3.8) is 0 Å². The lowest BCUT2D eigenvalue weighted by Crippen LogP contribution is -1.96. The van der Waals surface area contributed by atoms with Crippen molar-refractivity contribution in [1.29, 1.82) is 0 Å². The predicted octanol–water partition coefficient (Wildman–Crippen LogP) is 3.18. The monoisotopic (exact) mass is 223 g/mol. The largest absolute Gasteiger partial charge is 0.323 e. The fraction of sp³-hybridized carbons (Fsp3) is 0.750. The van der Waals surface area contributed by atoms with Gasteiger partial charge in [-0.2, -0.15) is 0 Å². The van der Waals surface area contributed by atoms with Crippen LogP contribution in [0.1, 0.15) is 26.2 Å². The minimum absolute atomic E-state index is 0.410. The van der Waals surface area contributed by atoms with Crippen molar-refractivity contribution >= 4 is 18.1 Å². The van der Waals surface area contributed by atoms with Gasteiger partial charge in [0.2, 0.25) is 0 Å². The third-order valence-electron chi connectivity index (χ3n) is 1.38. The standard InChI is InChI=1S/C8H18NO2PS/c1-3-5-6-7-8-13-12(9,10)11-4-2/h3H,1,4-8H2,2H3,(H2,9,10). The second-order valence-electron chi connectivity index (χ2n) is 2.58. The van der Waals surface area contributed by atoms with Crippen LogP contribution in [0.15, 0.2) is 12.7 Å². The Morgan fingerprint density at radius 3 is 2.85 bits per heavy atom. The molecule has 0 spiro atoms. The summed E-state index contributed by atoms with van der Waals surface area (Å²) in [5.41, 5.74) is 5.42. The van der Waals surface area contributed by atoms with Gasteiger partial charge in [0.1, 0.15) is 0 Å². The molecule has 0 aliphatic rings. The van der Waals surface area contributed by atoms with E-state index in [9.17, 15) is 4.57 Å². The van der Waals surface area contributed by atoms with E-state index in [4.69, 9.17) is 10.0 Å². The van der Waals surface area contributed by atoms with Crippen LogP contribution < -0.4 is 5.50 Å². The number of hydrogen-bond acceptors (Lipinski definition) is 3. The van der Waals surface area contributed by atoms with Crippen molar-refractivity contribution < 1.29 is 9.09 Å². The summed E-state index contributed by atoms with van der Waals surface area (Å²) in [6.45, 7) is 2.97. The molecular formula is C8H18NO2PS. The molecule has 0 aromatic rings. The van der Waals surface area contributed by atoms with Gasteiger partial charge in [-0.3, -0.25) is 10.1 Å². The van der Waals surface area contributed by atoms with Gasteiger partial charge in [0.05, 0.1) is 6.61 Å². The van der Waals surface area contributed by atoms with Crippen LogP contribution in [0, 0.1) is 0 Å². The van der Waals surface area contributed by atoms with Crippen molar-refractivity contribution in [2.24, 2.45) is 5.50 Å². The molecule has 0 amide bonds. The van der Waals surface area contributed by atoms with Crippen LogP contribution in [0.5, 0.6) is 0 Å². The zero-order valence-corrected chi connectivity index (χ0v) is 9.78. The summed E-state index contributed by atoms with van der Waals surface area (Å²) in [7, 11) is 0. The van der Waals surface area contributed by atoms with Crippen molar-refractivity contribution in [1.82, 2.24) is 0 Å². The first-order chi connectivity index (χ1) is 6.12. The molecule has 2 N–H and O–H groups in total. The maximum Gasteiger partial charge on any atom is 0.323 e. The van der Waals surface area contributed by atoms with E-state index in [1.54, 1.807) is 6.92 Å². The quantitative estimate of drug-likeness (QED) is 0.390. The van der Waals surface area contributed by atoms with Crippen molar-refractivity contribution in [2.75, 3.05) is 12.4 Å². The van der Waals surface area contributed by atoms with E-state index in [1.165, 1.54) is 11.4 Å². The Bertz CT molecular complexity index is 187. The first-order valence-corrected chi connectivity index (χ1v) is 7.69. The fourth-order valence-corrected chi connectivity index (χ4v) is 3.51. The molecule has 0 bridgehead atoms. The van der Waals surface area contributed by atoms with Gasteiger partial charge in [0, 0.05) is 5.75 Å². The normalized spacial score (nSPS) is 15.2. The van der Waals surface area contributed by atoms with Crippen molar-refractivity contribution in [3.8, 4) is 0 Å². The molecule has 3 nitrogen and oxygen atoms in total. The van der Waals surface area contributed by atoms with Crippen molar-refractivity contribution in [3.05, 3.63) is 12.7 Å². The highest BCUT2D eigenvalue weighted by Crippen LogP contribution is 2.52. The third-order valence-corrected chi connectivity index (χ3v) is 4.78. The lowest BCUT2D eigenvalue weighted by atomic mass is 10.2. The van der Waals surface area contributed by atoms with Gasteiger partial charge in [0.25, 0.3) is 0 Å². The summed E-state index contributed by atoms with van der Waals surface area (Å²) >= 11 is 1.23. The zero-order chi connectivity index (χ0) is 10.2. The second-order valence-corrected chi connectivity index (χ2v) is 6.88. The molecule has 78 valence electrons. The van der Waals surface area contributed by atoms with E-state index < -0.39 is 6.72 Å². The van der Waals surface area contributed by atoms with Crippen molar-refractivity contribution in [2.45, 2.75) is 26.2 Å². The van der Waals surface area contributed by atoms with Gasteiger partial charge in [-0.1, -0.05) is 17.5 Å². The zero-order valence-electron chi connectivity index (χ0n) is 8.07. The van der Waals surface area contributed by atoms with Gasteiger partial charge in [-0.05, 0) is 26.2 Å². The molecule has 1 unspecified atom stereocenters. The molecule has 0 aliphatic carbocycles. The molecule has 0 saturated carbocycles. The molecule has 0 aromatic heterocycles. The Morgan fingerprint density at radius 1 is 1.62 bits per heavy atom. The Balaban J connectivity index is 3.40. The summed E-state index contributed by atoms with van der Waals surface area (Å²) < 4.78 is 16.3. The van der Waals surface area contributed by atoms with E-state index in [2.05, 4.69) is 6.58 Å². The summed E-state index contributed by atoms with van der Waals surface area (Å²) in [5.74, 6) is 0.793. The molecule has 5 heteroatoms. The molecule has 0 aliphatic heterocycles. The van der Waals surface area contributed by atoms with E-state index in [1.807, 2.05) is 6.08 Å². The summed E-state index contributed by atoms with van der Waals surface area (Å²) in [5, 5.41) is 0. The van der Waals surface area contributed by atoms with E-state index in [0.29, 0.717) is 6.61 Å². The number of nitrogens with two attached hydrogens (primary N) is 1. The van der Waals surface area contributed by atoms with Gasteiger partial charge >= 0.3 is 6.72 Å². The lowest BCUT2D eigenvalue weighted by molar-refractivity contribution is 0.346. The van der Waals surface area contributed by atoms with Crippen LogP contribution >= 0.6 is 18.1 Å². The molecular weight excluding hydrogens is 205 g/mol. The molecule has 0 heterocycles. The Labute approximate surface area is 84.4 Å². The maximum absolute atomic E-state index is 11.3. The summed E-state index contributed by atoms with van der Waals surface area (Å²) in [6.07, 6.45) is 4.97. The molecule has 0 fully saturated rings. The lowest BCUT2D eigenvalue weighted by Gasteiger charge is -2.10. The average Bonchev–Trinajstić information content (AvgIpc) is 2.04. The number of unbranched alkanes of at least 4 members (excludes halogenated alkanes) is 2. The van der Waals surface area contributed by atoms with Crippen LogP contribution in [0.4, 0.5) is 0 Å². The topological polar surface area (TPSA) is 52.3 Å². The van der Waals surface area contributed by atoms with Gasteiger partial charge in [0.15, 0.2) is 0 Å². The first-order valence-electron chi connectivity index (χ1n) is 4.41. The van der Waals surface area contributed by atoms with Gasteiger partial charge < -0.3 is 4.52 Å². The highest BCUT2D eigenvalue weighted by molar-refractivity contribution is 8.55. The SMILES string of the molecule is C=CCCCCSP(N)(=O)OCC. The molecule has 0 saturated heterocycles. The van der Waals surface area contributed by atoms with Gasteiger partial charge in [-0.15, -0.1) is 6.58 Å². The second kappa shape index (κ2) is 7.63.